The average molecular weight is 499 g/mol. The number of carbonyl (C=O) groups is 1. The Balaban J connectivity index is 2.17. The predicted octanol–water partition coefficient (Wildman–Crippen LogP) is 4.30. The lowest BCUT2D eigenvalue weighted by Crippen LogP contribution is -2.41. The molecule has 0 atom stereocenters. The Morgan fingerprint density at radius 3 is 2.52 bits per heavy atom. The van der Waals surface area contributed by atoms with Crippen LogP contribution < -0.4 is 4.31 Å². The molecule has 0 saturated carbocycles. The van der Waals surface area contributed by atoms with Crippen molar-refractivity contribution in [3.63, 3.8) is 0 Å². The first-order valence-electron chi connectivity index (χ1n) is 8.05. The summed E-state index contributed by atoms with van der Waals surface area (Å²) in [6.07, 6.45) is 2.10. The van der Waals surface area contributed by atoms with Gasteiger partial charge in [0.1, 0.15) is 11.2 Å². The fourth-order valence-electron chi connectivity index (χ4n) is 2.41. The summed E-state index contributed by atoms with van der Waals surface area (Å²) in [7, 11) is -4.18. The van der Waals surface area contributed by atoms with Gasteiger partial charge in [-0.05, 0) is 61.6 Å². The molecule has 1 aromatic carbocycles. The van der Waals surface area contributed by atoms with Crippen LogP contribution in [-0.2, 0) is 14.8 Å². The van der Waals surface area contributed by atoms with Gasteiger partial charge in [-0.25, -0.2) is 18.2 Å². The van der Waals surface area contributed by atoms with Gasteiger partial charge in [0.05, 0.1) is 16.8 Å². The minimum Gasteiger partial charge on any atom is -0.443 e. The number of ether oxygens (including phenoxy) is 1. The van der Waals surface area contributed by atoms with Crippen LogP contribution in [0.3, 0.4) is 0 Å². The molecule has 2 heterocycles. The SMILES string of the molecule is CC(C)(C)OC(=O)N(c1cnc2[nH]cc(I)c2c1)S(=O)(=O)c1ccccc1. The number of rotatable bonds is 3. The second kappa shape index (κ2) is 7.12. The molecule has 3 rings (SSSR count). The number of anilines is 1. The highest BCUT2D eigenvalue weighted by atomic mass is 127. The summed E-state index contributed by atoms with van der Waals surface area (Å²) in [6, 6.07) is 9.35. The summed E-state index contributed by atoms with van der Waals surface area (Å²) in [5, 5.41) is 0.713. The fraction of sp³-hybridized carbons (Fsp3) is 0.222. The van der Waals surface area contributed by atoms with E-state index in [0.29, 0.717) is 15.3 Å². The molecule has 0 saturated heterocycles. The highest BCUT2D eigenvalue weighted by molar-refractivity contribution is 14.1. The number of H-pyrrole nitrogens is 1. The van der Waals surface area contributed by atoms with Gasteiger partial charge in [-0.15, -0.1) is 0 Å². The predicted molar refractivity (Wildman–Crippen MR) is 111 cm³/mol. The Morgan fingerprint density at radius 2 is 1.89 bits per heavy atom. The van der Waals surface area contributed by atoms with E-state index >= 15 is 0 Å². The zero-order valence-electron chi connectivity index (χ0n) is 14.9. The maximum Gasteiger partial charge on any atom is 0.429 e. The van der Waals surface area contributed by atoms with Crippen LogP contribution in [0, 0.1) is 3.57 Å². The number of aromatic nitrogens is 2. The van der Waals surface area contributed by atoms with Crippen LogP contribution in [0.4, 0.5) is 10.5 Å². The number of sulfonamides is 1. The molecular weight excluding hydrogens is 481 g/mol. The molecule has 0 spiro atoms. The first kappa shape index (κ1) is 19.6. The molecule has 3 aromatic rings. The number of nitrogens with one attached hydrogen (secondary N) is 1. The molecule has 0 radical (unpaired) electrons. The molecule has 1 amide bonds. The van der Waals surface area contributed by atoms with Crippen molar-refractivity contribution in [2.45, 2.75) is 31.3 Å². The Kier molecular flexibility index (Phi) is 5.17. The molecule has 0 fully saturated rings. The van der Waals surface area contributed by atoms with E-state index in [4.69, 9.17) is 4.74 Å². The number of halogens is 1. The summed E-state index contributed by atoms with van der Waals surface area (Å²) in [5.41, 5.74) is -0.149. The minimum absolute atomic E-state index is 0.0141. The van der Waals surface area contributed by atoms with Crippen molar-refractivity contribution in [2.75, 3.05) is 4.31 Å². The first-order valence-corrected chi connectivity index (χ1v) is 10.6. The van der Waals surface area contributed by atoms with Gasteiger partial charge in [0.2, 0.25) is 0 Å². The van der Waals surface area contributed by atoms with E-state index in [1.54, 1.807) is 51.2 Å². The van der Waals surface area contributed by atoms with Gasteiger partial charge in [0, 0.05) is 15.2 Å². The first-order chi connectivity index (χ1) is 12.6. The number of carbonyl (C=O) groups excluding carboxylic acids is 1. The molecule has 0 aliphatic carbocycles. The third kappa shape index (κ3) is 4.08. The van der Waals surface area contributed by atoms with Gasteiger partial charge in [-0.3, -0.25) is 0 Å². The van der Waals surface area contributed by atoms with Crippen LogP contribution in [-0.4, -0.2) is 30.1 Å². The molecular formula is C18H18IN3O4S. The van der Waals surface area contributed by atoms with Crippen LogP contribution in [0.2, 0.25) is 0 Å². The van der Waals surface area contributed by atoms with Gasteiger partial charge >= 0.3 is 6.09 Å². The molecule has 0 bridgehead atoms. The maximum atomic E-state index is 13.2. The van der Waals surface area contributed by atoms with E-state index < -0.39 is 21.7 Å². The minimum atomic E-state index is -4.18. The van der Waals surface area contributed by atoms with E-state index in [1.165, 1.54) is 18.3 Å². The molecule has 0 aliphatic heterocycles. The summed E-state index contributed by atoms with van der Waals surface area (Å²) in [6.45, 7) is 5.03. The third-order valence-electron chi connectivity index (χ3n) is 3.54. The van der Waals surface area contributed by atoms with E-state index in [9.17, 15) is 13.2 Å². The lowest BCUT2D eigenvalue weighted by Gasteiger charge is -2.26. The van der Waals surface area contributed by atoms with Crippen molar-refractivity contribution in [1.29, 1.82) is 0 Å². The van der Waals surface area contributed by atoms with Crippen molar-refractivity contribution in [3.05, 3.63) is 52.4 Å². The van der Waals surface area contributed by atoms with E-state index in [1.807, 2.05) is 0 Å². The normalized spacial score (nSPS) is 12.1. The van der Waals surface area contributed by atoms with Gasteiger partial charge in [0.25, 0.3) is 10.0 Å². The number of pyridine rings is 1. The zero-order chi connectivity index (χ0) is 19.8. The van der Waals surface area contributed by atoms with Crippen LogP contribution in [0.1, 0.15) is 20.8 Å². The van der Waals surface area contributed by atoms with Crippen molar-refractivity contribution >= 4 is 55.4 Å². The van der Waals surface area contributed by atoms with E-state index in [-0.39, 0.29) is 10.6 Å². The Labute approximate surface area is 170 Å². The summed E-state index contributed by atoms with van der Waals surface area (Å²) >= 11 is 2.11. The van der Waals surface area contributed by atoms with Crippen molar-refractivity contribution in [3.8, 4) is 0 Å². The molecule has 7 nitrogen and oxygen atoms in total. The summed E-state index contributed by atoms with van der Waals surface area (Å²) < 4.78 is 33.3. The third-order valence-corrected chi connectivity index (χ3v) is 6.14. The van der Waals surface area contributed by atoms with Crippen LogP contribution in [0.5, 0.6) is 0 Å². The smallest absolute Gasteiger partial charge is 0.429 e. The monoisotopic (exact) mass is 499 g/mol. The molecule has 2 aromatic heterocycles. The van der Waals surface area contributed by atoms with E-state index in [0.717, 1.165) is 3.57 Å². The van der Waals surface area contributed by atoms with Gasteiger partial charge < -0.3 is 9.72 Å². The molecule has 0 aliphatic rings. The number of hydrogen-bond acceptors (Lipinski definition) is 5. The maximum absolute atomic E-state index is 13.2. The lowest BCUT2D eigenvalue weighted by atomic mass is 10.2. The topological polar surface area (TPSA) is 92.4 Å². The standard InChI is InChI=1S/C18H18IN3O4S/c1-18(2,3)26-17(23)22(27(24,25)13-7-5-4-6-8-13)12-9-14-15(19)11-21-16(14)20-10-12/h4-11H,1-3H3,(H,20,21). The van der Waals surface area contributed by atoms with Crippen LogP contribution >= 0.6 is 22.6 Å². The lowest BCUT2D eigenvalue weighted by molar-refractivity contribution is 0.0609. The second-order valence-corrected chi connectivity index (χ2v) is 9.74. The van der Waals surface area contributed by atoms with E-state index in [2.05, 4.69) is 32.6 Å². The molecule has 9 heteroatoms. The van der Waals surface area contributed by atoms with Crippen LogP contribution in [0.25, 0.3) is 11.0 Å². The Bertz CT molecular complexity index is 1090. The highest BCUT2D eigenvalue weighted by Gasteiger charge is 2.35. The largest absolute Gasteiger partial charge is 0.443 e. The number of amides is 1. The molecule has 27 heavy (non-hydrogen) atoms. The van der Waals surface area contributed by atoms with Gasteiger partial charge in [0.15, 0.2) is 0 Å². The quantitative estimate of drug-likeness (QED) is 0.543. The Hall–Kier alpha value is -2.14. The molecule has 0 unspecified atom stereocenters. The number of aromatic amines is 1. The summed E-state index contributed by atoms with van der Waals surface area (Å²) in [5.74, 6) is 0. The number of hydrogen-bond donors (Lipinski definition) is 1. The summed E-state index contributed by atoms with van der Waals surface area (Å²) in [4.78, 5) is 20.0. The van der Waals surface area contributed by atoms with Gasteiger partial charge in [-0.2, -0.15) is 4.31 Å². The zero-order valence-corrected chi connectivity index (χ0v) is 17.9. The molecule has 142 valence electrons. The fourth-order valence-corrected chi connectivity index (χ4v) is 4.30. The number of benzene rings is 1. The van der Waals surface area contributed by atoms with Crippen molar-refractivity contribution in [1.82, 2.24) is 9.97 Å². The number of fused-ring (bicyclic) bond motifs is 1. The van der Waals surface area contributed by atoms with Crippen LogP contribution in [0.15, 0.2) is 53.7 Å². The van der Waals surface area contributed by atoms with Crippen molar-refractivity contribution < 1.29 is 17.9 Å². The molecule has 1 N–H and O–H groups in total. The highest BCUT2D eigenvalue weighted by Crippen LogP contribution is 2.29. The second-order valence-electron chi connectivity index (χ2n) is 6.79. The van der Waals surface area contributed by atoms with Gasteiger partial charge in [-0.1, -0.05) is 18.2 Å². The Morgan fingerprint density at radius 1 is 1.22 bits per heavy atom. The average Bonchev–Trinajstić information content (AvgIpc) is 2.95. The number of nitrogens with zero attached hydrogens (tertiary/aromatic N) is 2. The van der Waals surface area contributed by atoms with Crippen molar-refractivity contribution in [2.24, 2.45) is 0 Å².